The Morgan fingerprint density at radius 1 is 1.50 bits per heavy atom. The van der Waals surface area contributed by atoms with E-state index in [4.69, 9.17) is 11.6 Å². The fourth-order valence-electron chi connectivity index (χ4n) is 1.94. The summed E-state index contributed by atoms with van der Waals surface area (Å²) in [4.78, 5) is 13.9. The van der Waals surface area contributed by atoms with E-state index in [-0.39, 0.29) is 11.8 Å². The van der Waals surface area contributed by atoms with E-state index in [9.17, 15) is 4.79 Å². The van der Waals surface area contributed by atoms with Crippen molar-refractivity contribution >= 4 is 17.5 Å². The van der Waals surface area contributed by atoms with E-state index >= 15 is 0 Å². The molecule has 0 bridgehead atoms. The average molecular weight is 218 g/mol. The molecule has 82 valence electrons. The monoisotopic (exact) mass is 217 g/mol. The summed E-state index contributed by atoms with van der Waals surface area (Å²) >= 11 is 5.70. The van der Waals surface area contributed by atoms with Crippen molar-refractivity contribution in [3.63, 3.8) is 0 Å². The van der Waals surface area contributed by atoms with Gasteiger partial charge >= 0.3 is 0 Å². The van der Waals surface area contributed by atoms with Gasteiger partial charge in [-0.15, -0.1) is 11.6 Å². The molecule has 0 saturated carbocycles. The van der Waals surface area contributed by atoms with Crippen LogP contribution in [0.15, 0.2) is 0 Å². The highest BCUT2D eigenvalue weighted by Crippen LogP contribution is 2.23. The van der Waals surface area contributed by atoms with Gasteiger partial charge in [-0.05, 0) is 25.7 Å². The van der Waals surface area contributed by atoms with Gasteiger partial charge in [0.05, 0.1) is 0 Å². The summed E-state index contributed by atoms with van der Waals surface area (Å²) in [6, 6.07) is 0.393. The van der Waals surface area contributed by atoms with Gasteiger partial charge in [0, 0.05) is 24.4 Å². The van der Waals surface area contributed by atoms with E-state index in [1.54, 1.807) is 0 Å². The van der Waals surface area contributed by atoms with E-state index in [2.05, 4.69) is 13.8 Å². The summed E-state index contributed by atoms with van der Waals surface area (Å²) in [7, 11) is 0. The lowest BCUT2D eigenvalue weighted by Crippen LogP contribution is -2.47. The van der Waals surface area contributed by atoms with Crippen LogP contribution in [-0.2, 0) is 4.79 Å². The smallest absolute Gasteiger partial charge is 0.226 e. The molecule has 0 radical (unpaired) electrons. The molecule has 1 aliphatic heterocycles. The summed E-state index contributed by atoms with van der Waals surface area (Å²) < 4.78 is 0. The quantitative estimate of drug-likeness (QED) is 0.651. The zero-order valence-corrected chi connectivity index (χ0v) is 10.0. The summed E-state index contributed by atoms with van der Waals surface area (Å²) in [6.07, 6.45) is 2.36. The van der Waals surface area contributed by atoms with Crippen LogP contribution >= 0.6 is 11.6 Å². The van der Waals surface area contributed by atoms with Crippen molar-refractivity contribution in [1.29, 1.82) is 0 Å². The van der Waals surface area contributed by atoms with Crippen LogP contribution in [0.2, 0.25) is 0 Å². The number of rotatable bonds is 2. The third-order valence-electron chi connectivity index (χ3n) is 3.05. The summed E-state index contributed by atoms with van der Waals surface area (Å²) in [5, 5.41) is 0. The Hall–Kier alpha value is -0.240. The second-order valence-electron chi connectivity index (χ2n) is 4.58. The van der Waals surface area contributed by atoms with E-state index in [0.717, 1.165) is 13.0 Å². The zero-order valence-electron chi connectivity index (χ0n) is 9.29. The first kappa shape index (κ1) is 11.8. The molecule has 3 heteroatoms. The van der Waals surface area contributed by atoms with Crippen LogP contribution < -0.4 is 0 Å². The first-order chi connectivity index (χ1) is 6.56. The average Bonchev–Trinajstić information content (AvgIpc) is 2.19. The number of hydrogen-bond acceptors (Lipinski definition) is 1. The van der Waals surface area contributed by atoms with Gasteiger partial charge in [-0.3, -0.25) is 4.79 Å². The van der Waals surface area contributed by atoms with Gasteiger partial charge in [0.25, 0.3) is 0 Å². The molecule has 2 nitrogen and oxygen atoms in total. The van der Waals surface area contributed by atoms with Gasteiger partial charge in [0.15, 0.2) is 0 Å². The lowest BCUT2D eigenvalue weighted by atomic mass is 9.94. The molecular formula is C11H20ClNO. The maximum Gasteiger partial charge on any atom is 0.226 e. The standard InChI is InChI=1S/C11H20ClNO/c1-8-4-5-10(3)13(7-8)11(14)9(2)6-12/h8-10H,4-7H2,1-3H3. The van der Waals surface area contributed by atoms with Crippen molar-refractivity contribution in [1.82, 2.24) is 4.90 Å². The minimum Gasteiger partial charge on any atom is -0.339 e. The molecule has 0 aromatic rings. The number of nitrogens with zero attached hydrogens (tertiary/aromatic N) is 1. The molecule has 0 spiro atoms. The second kappa shape index (κ2) is 5.01. The Labute approximate surface area is 91.6 Å². The molecule has 0 N–H and O–H groups in total. The fourth-order valence-corrected chi connectivity index (χ4v) is 2.08. The predicted octanol–water partition coefficient (Wildman–Crippen LogP) is 2.51. The maximum atomic E-state index is 11.9. The SMILES string of the molecule is CC1CCC(C)N(C(=O)C(C)CCl)C1. The van der Waals surface area contributed by atoms with E-state index in [1.807, 2.05) is 11.8 Å². The molecule has 1 fully saturated rings. The molecule has 1 heterocycles. The lowest BCUT2D eigenvalue weighted by molar-refractivity contribution is -0.138. The third-order valence-corrected chi connectivity index (χ3v) is 3.52. The Morgan fingerprint density at radius 2 is 2.14 bits per heavy atom. The molecule has 1 rings (SSSR count). The van der Waals surface area contributed by atoms with Crippen molar-refractivity contribution in [2.75, 3.05) is 12.4 Å². The number of carbonyl (C=O) groups excluding carboxylic acids is 1. The molecule has 1 aliphatic rings. The zero-order chi connectivity index (χ0) is 10.7. The minimum atomic E-state index is -0.0376. The van der Waals surface area contributed by atoms with Crippen LogP contribution in [-0.4, -0.2) is 29.3 Å². The van der Waals surface area contributed by atoms with Crippen LogP contribution in [0.5, 0.6) is 0 Å². The van der Waals surface area contributed by atoms with Crippen LogP contribution in [0.4, 0.5) is 0 Å². The van der Waals surface area contributed by atoms with Gasteiger partial charge in [-0.25, -0.2) is 0 Å². The third kappa shape index (κ3) is 2.63. The number of piperidine rings is 1. The van der Waals surface area contributed by atoms with E-state index in [0.29, 0.717) is 17.8 Å². The van der Waals surface area contributed by atoms with Crippen LogP contribution in [0, 0.1) is 11.8 Å². The van der Waals surface area contributed by atoms with Gasteiger partial charge in [0.1, 0.15) is 0 Å². The molecule has 0 aromatic heterocycles. The lowest BCUT2D eigenvalue weighted by Gasteiger charge is -2.38. The van der Waals surface area contributed by atoms with Crippen molar-refractivity contribution in [3.8, 4) is 0 Å². The number of halogens is 1. The number of hydrogen-bond donors (Lipinski definition) is 0. The Bertz CT molecular complexity index is 207. The largest absolute Gasteiger partial charge is 0.339 e. The topological polar surface area (TPSA) is 20.3 Å². The Balaban J connectivity index is 2.60. The number of likely N-dealkylation sites (tertiary alicyclic amines) is 1. The molecule has 0 aliphatic carbocycles. The fraction of sp³-hybridized carbons (Fsp3) is 0.909. The minimum absolute atomic E-state index is 0.0376. The number of amides is 1. The highest BCUT2D eigenvalue weighted by molar-refractivity contribution is 6.19. The highest BCUT2D eigenvalue weighted by atomic mass is 35.5. The van der Waals surface area contributed by atoms with Crippen LogP contribution in [0.1, 0.15) is 33.6 Å². The molecule has 0 aromatic carbocycles. The van der Waals surface area contributed by atoms with Crippen molar-refractivity contribution < 1.29 is 4.79 Å². The van der Waals surface area contributed by atoms with Crippen molar-refractivity contribution in [3.05, 3.63) is 0 Å². The molecule has 1 amide bonds. The molecule has 14 heavy (non-hydrogen) atoms. The number of alkyl halides is 1. The van der Waals surface area contributed by atoms with Gasteiger partial charge < -0.3 is 4.90 Å². The second-order valence-corrected chi connectivity index (χ2v) is 4.89. The predicted molar refractivity (Wildman–Crippen MR) is 59.5 cm³/mol. The van der Waals surface area contributed by atoms with E-state index < -0.39 is 0 Å². The number of carbonyl (C=O) groups is 1. The van der Waals surface area contributed by atoms with Crippen LogP contribution in [0.25, 0.3) is 0 Å². The Morgan fingerprint density at radius 3 is 2.71 bits per heavy atom. The van der Waals surface area contributed by atoms with E-state index in [1.165, 1.54) is 6.42 Å². The Kier molecular flexibility index (Phi) is 4.24. The van der Waals surface area contributed by atoms with Gasteiger partial charge in [0.2, 0.25) is 5.91 Å². The van der Waals surface area contributed by atoms with Gasteiger partial charge in [-0.1, -0.05) is 13.8 Å². The van der Waals surface area contributed by atoms with Crippen LogP contribution in [0.3, 0.4) is 0 Å². The normalized spacial score (nSPS) is 30.1. The maximum absolute atomic E-state index is 11.9. The first-order valence-electron chi connectivity index (χ1n) is 5.42. The molecule has 3 atom stereocenters. The van der Waals surface area contributed by atoms with Crippen molar-refractivity contribution in [2.24, 2.45) is 11.8 Å². The summed E-state index contributed by atoms with van der Waals surface area (Å²) in [5.74, 6) is 1.25. The molecular weight excluding hydrogens is 198 g/mol. The van der Waals surface area contributed by atoms with Crippen molar-refractivity contribution in [2.45, 2.75) is 39.7 Å². The van der Waals surface area contributed by atoms with Gasteiger partial charge in [-0.2, -0.15) is 0 Å². The first-order valence-corrected chi connectivity index (χ1v) is 5.96. The summed E-state index contributed by atoms with van der Waals surface area (Å²) in [6.45, 7) is 7.14. The molecule has 3 unspecified atom stereocenters. The highest BCUT2D eigenvalue weighted by Gasteiger charge is 2.29. The molecule has 1 saturated heterocycles. The summed E-state index contributed by atoms with van der Waals surface area (Å²) in [5.41, 5.74) is 0.